The first-order valence-electron chi connectivity index (χ1n) is 5.80. The molecule has 0 radical (unpaired) electrons. The molecule has 0 fully saturated rings. The molecule has 1 atom stereocenters. The SMILES string of the molecule is Clc1cc(Br)ccc1CCC(Br)c1ccccc1. The zero-order chi connectivity index (χ0) is 13.0. The van der Waals surface area contributed by atoms with Gasteiger partial charge in [0.05, 0.1) is 0 Å². The Bertz CT molecular complexity index is 511. The highest BCUT2D eigenvalue weighted by Crippen LogP contribution is 2.30. The van der Waals surface area contributed by atoms with Crippen LogP contribution >= 0.6 is 43.5 Å². The normalized spacial score (nSPS) is 12.4. The Hall–Kier alpha value is -0.310. The highest BCUT2D eigenvalue weighted by Gasteiger charge is 2.08. The number of rotatable bonds is 4. The fraction of sp³-hybridized carbons (Fsp3) is 0.200. The monoisotopic (exact) mass is 386 g/mol. The minimum absolute atomic E-state index is 0.374. The molecule has 2 rings (SSSR count). The molecule has 18 heavy (non-hydrogen) atoms. The summed E-state index contributed by atoms with van der Waals surface area (Å²) in [5, 5.41) is 0.831. The Morgan fingerprint density at radius 3 is 2.44 bits per heavy atom. The fourth-order valence-corrected chi connectivity index (χ4v) is 3.14. The lowest BCUT2D eigenvalue weighted by Gasteiger charge is -2.11. The third-order valence-corrected chi connectivity index (χ3v) is 4.68. The smallest absolute Gasteiger partial charge is 0.0449 e. The van der Waals surface area contributed by atoms with E-state index < -0.39 is 0 Å². The van der Waals surface area contributed by atoms with E-state index in [0.29, 0.717) is 4.83 Å². The average Bonchev–Trinajstić information content (AvgIpc) is 2.38. The van der Waals surface area contributed by atoms with Gasteiger partial charge < -0.3 is 0 Å². The maximum atomic E-state index is 6.21. The van der Waals surface area contributed by atoms with Crippen LogP contribution in [-0.2, 0) is 6.42 Å². The summed E-state index contributed by atoms with van der Waals surface area (Å²) in [6.45, 7) is 0. The first-order valence-corrected chi connectivity index (χ1v) is 7.88. The largest absolute Gasteiger partial charge is 0.0840 e. The van der Waals surface area contributed by atoms with E-state index in [9.17, 15) is 0 Å². The summed E-state index contributed by atoms with van der Waals surface area (Å²) < 4.78 is 1.02. The third kappa shape index (κ3) is 3.84. The van der Waals surface area contributed by atoms with Gasteiger partial charge in [-0.1, -0.05) is 79.9 Å². The maximum Gasteiger partial charge on any atom is 0.0449 e. The first-order chi connectivity index (χ1) is 8.66. The van der Waals surface area contributed by atoms with E-state index in [0.717, 1.165) is 22.3 Å². The lowest BCUT2D eigenvalue weighted by Crippen LogP contribution is -1.94. The molecular formula is C15H13Br2Cl. The van der Waals surface area contributed by atoms with Crippen molar-refractivity contribution in [1.82, 2.24) is 0 Å². The van der Waals surface area contributed by atoms with Crippen LogP contribution in [0.3, 0.4) is 0 Å². The molecule has 2 aromatic carbocycles. The predicted octanol–water partition coefficient (Wildman–Crippen LogP) is 6.17. The first kappa shape index (κ1) is 14.1. The number of alkyl halides is 1. The van der Waals surface area contributed by atoms with Crippen LogP contribution in [0.4, 0.5) is 0 Å². The van der Waals surface area contributed by atoms with Gasteiger partial charge in [0.1, 0.15) is 0 Å². The van der Waals surface area contributed by atoms with Gasteiger partial charge in [-0.2, -0.15) is 0 Å². The summed E-state index contributed by atoms with van der Waals surface area (Å²) in [5.74, 6) is 0. The molecule has 0 saturated heterocycles. The van der Waals surface area contributed by atoms with E-state index in [1.165, 1.54) is 11.1 Å². The van der Waals surface area contributed by atoms with Crippen molar-refractivity contribution in [3.63, 3.8) is 0 Å². The molecule has 0 aliphatic rings. The van der Waals surface area contributed by atoms with E-state index >= 15 is 0 Å². The van der Waals surface area contributed by atoms with Gasteiger partial charge in [0, 0.05) is 14.3 Å². The van der Waals surface area contributed by atoms with Gasteiger partial charge in [0.25, 0.3) is 0 Å². The second-order valence-electron chi connectivity index (χ2n) is 4.15. The molecule has 94 valence electrons. The van der Waals surface area contributed by atoms with Crippen molar-refractivity contribution < 1.29 is 0 Å². The van der Waals surface area contributed by atoms with Crippen molar-refractivity contribution >= 4 is 43.5 Å². The number of benzene rings is 2. The minimum Gasteiger partial charge on any atom is -0.0840 e. The molecule has 0 nitrogen and oxygen atoms in total. The van der Waals surface area contributed by atoms with Gasteiger partial charge >= 0.3 is 0 Å². The lowest BCUT2D eigenvalue weighted by atomic mass is 10.0. The quantitative estimate of drug-likeness (QED) is 0.549. The van der Waals surface area contributed by atoms with Crippen LogP contribution < -0.4 is 0 Å². The molecule has 2 aromatic rings. The highest BCUT2D eigenvalue weighted by atomic mass is 79.9. The van der Waals surface area contributed by atoms with E-state index in [4.69, 9.17) is 11.6 Å². The van der Waals surface area contributed by atoms with Crippen LogP contribution in [0, 0.1) is 0 Å². The van der Waals surface area contributed by atoms with Crippen LogP contribution in [0.2, 0.25) is 5.02 Å². The third-order valence-electron chi connectivity index (χ3n) is 2.84. The molecule has 0 aliphatic heterocycles. The Balaban J connectivity index is 1.99. The number of hydrogen-bond donors (Lipinski definition) is 0. The molecule has 0 N–H and O–H groups in total. The second kappa shape index (κ2) is 6.74. The number of hydrogen-bond acceptors (Lipinski definition) is 0. The van der Waals surface area contributed by atoms with Crippen molar-refractivity contribution in [2.75, 3.05) is 0 Å². The van der Waals surface area contributed by atoms with Gasteiger partial charge in [-0.15, -0.1) is 0 Å². The molecule has 0 aromatic heterocycles. The molecular weight excluding hydrogens is 375 g/mol. The Morgan fingerprint density at radius 2 is 1.78 bits per heavy atom. The molecule has 0 amide bonds. The number of halogens is 3. The summed E-state index contributed by atoms with van der Waals surface area (Å²) in [6, 6.07) is 16.5. The molecule has 0 bridgehead atoms. The minimum atomic E-state index is 0.374. The van der Waals surface area contributed by atoms with E-state index in [2.05, 4.69) is 62.2 Å². The van der Waals surface area contributed by atoms with E-state index in [1.807, 2.05) is 18.2 Å². The van der Waals surface area contributed by atoms with Crippen molar-refractivity contribution in [3.05, 3.63) is 69.2 Å². The van der Waals surface area contributed by atoms with Crippen LogP contribution in [0.15, 0.2) is 53.0 Å². The fourth-order valence-electron chi connectivity index (χ4n) is 1.84. The van der Waals surface area contributed by atoms with Crippen LogP contribution in [-0.4, -0.2) is 0 Å². The van der Waals surface area contributed by atoms with Crippen molar-refractivity contribution in [2.45, 2.75) is 17.7 Å². The molecule has 0 saturated carbocycles. The summed E-state index contributed by atoms with van der Waals surface area (Å²) in [6.07, 6.45) is 2.00. The van der Waals surface area contributed by atoms with Gasteiger partial charge in [-0.25, -0.2) is 0 Å². The second-order valence-corrected chi connectivity index (χ2v) is 6.58. The lowest BCUT2D eigenvalue weighted by molar-refractivity contribution is 0.813. The van der Waals surface area contributed by atoms with Gasteiger partial charge in [0.2, 0.25) is 0 Å². The predicted molar refractivity (Wildman–Crippen MR) is 85.6 cm³/mol. The van der Waals surface area contributed by atoms with Crippen LogP contribution in [0.5, 0.6) is 0 Å². The van der Waals surface area contributed by atoms with E-state index in [1.54, 1.807) is 0 Å². The molecule has 0 aliphatic carbocycles. The maximum absolute atomic E-state index is 6.21. The molecule has 3 heteroatoms. The molecule has 0 heterocycles. The standard InChI is InChI=1S/C15H13Br2Cl/c16-13-8-6-12(15(18)10-13)7-9-14(17)11-4-2-1-3-5-11/h1-6,8,10,14H,7,9H2. The average molecular weight is 389 g/mol. The Morgan fingerprint density at radius 1 is 1.06 bits per heavy atom. The molecule has 0 spiro atoms. The Kier molecular flexibility index (Phi) is 5.28. The van der Waals surface area contributed by atoms with Crippen molar-refractivity contribution in [3.8, 4) is 0 Å². The summed E-state index contributed by atoms with van der Waals surface area (Å²) in [4.78, 5) is 0.374. The summed E-state index contributed by atoms with van der Waals surface area (Å²) in [5.41, 5.74) is 2.51. The van der Waals surface area contributed by atoms with Crippen LogP contribution in [0.1, 0.15) is 22.4 Å². The topological polar surface area (TPSA) is 0 Å². The highest BCUT2D eigenvalue weighted by molar-refractivity contribution is 9.10. The zero-order valence-corrected chi connectivity index (χ0v) is 13.7. The van der Waals surface area contributed by atoms with Crippen molar-refractivity contribution in [2.24, 2.45) is 0 Å². The van der Waals surface area contributed by atoms with Gasteiger partial charge in [-0.3, -0.25) is 0 Å². The van der Waals surface area contributed by atoms with Gasteiger partial charge in [-0.05, 0) is 36.1 Å². The molecule has 1 unspecified atom stereocenters. The van der Waals surface area contributed by atoms with Gasteiger partial charge in [0.15, 0.2) is 0 Å². The zero-order valence-electron chi connectivity index (χ0n) is 9.74. The van der Waals surface area contributed by atoms with E-state index in [-0.39, 0.29) is 0 Å². The number of aryl methyl sites for hydroxylation is 1. The summed E-state index contributed by atoms with van der Waals surface area (Å²) >= 11 is 13.4. The van der Waals surface area contributed by atoms with Crippen molar-refractivity contribution in [1.29, 1.82) is 0 Å². The Labute approximate surface area is 130 Å². The summed E-state index contributed by atoms with van der Waals surface area (Å²) in [7, 11) is 0. The van der Waals surface area contributed by atoms with Crippen LogP contribution in [0.25, 0.3) is 0 Å².